The predicted octanol–water partition coefficient (Wildman–Crippen LogP) is 3.21. The van der Waals surface area contributed by atoms with Crippen molar-refractivity contribution < 1.29 is 23.5 Å². The van der Waals surface area contributed by atoms with Gasteiger partial charge in [0.1, 0.15) is 11.5 Å². The van der Waals surface area contributed by atoms with E-state index in [1.165, 1.54) is 12.1 Å². The van der Waals surface area contributed by atoms with Gasteiger partial charge in [0, 0.05) is 35.5 Å². The smallest absolute Gasteiger partial charge is 0.347 e. The SMILES string of the molecule is CCOC(=O)C1=C(NCc2ccccc2F)OC(=Cc2c[nH]c3ncccc23)C1=O. The van der Waals surface area contributed by atoms with E-state index >= 15 is 0 Å². The summed E-state index contributed by atoms with van der Waals surface area (Å²) in [5, 5.41) is 3.64. The zero-order chi connectivity index (χ0) is 21.1. The number of esters is 1. The molecule has 0 atom stereocenters. The number of aromatic nitrogens is 2. The normalized spacial score (nSPS) is 15.0. The molecule has 3 aromatic rings. The van der Waals surface area contributed by atoms with Crippen molar-refractivity contribution in [2.45, 2.75) is 13.5 Å². The largest absolute Gasteiger partial charge is 0.462 e. The van der Waals surface area contributed by atoms with Gasteiger partial charge in [-0.3, -0.25) is 4.79 Å². The number of hydrogen-bond donors (Lipinski definition) is 2. The highest BCUT2D eigenvalue weighted by Gasteiger charge is 2.37. The first-order valence-corrected chi connectivity index (χ1v) is 9.33. The number of fused-ring (bicyclic) bond motifs is 1. The highest BCUT2D eigenvalue weighted by Crippen LogP contribution is 2.28. The number of pyridine rings is 1. The standard InChI is InChI=1S/C22H18FN3O4/c1-2-29-22(28)18-19(27)17(10-14-12-25-20-15(14)7-5-9-24-20)30-21(18)26-11-13-6-3-4-8-16(13)23/h3-10,12,26H,2,11H2,1H3,(H,24,25). The summed E-state index contributed by atoms with van der Waals surface area (Å²) in [4.78, 5) is 32.5. The molecule has 3 heterocycles. The van der Waals surface area contributed by atoms with E-state index in [0.717, 1.165) is 5.39 Å². The summed E-state index contributed by atoms with van der Waals surface area (Å²) in [7, 11) is 0. The molecule has 0 unspecified atom stereocenters. The highest BCUT2D eigenvalue weighted by atomic mass is 19.1. The molecule has 1 aromatic carbocycles. The minimum absolute atomic E-state index is 0.0302. The molecule has 0 saturated carbocycles. The molecule has 2 aromatic heterocycles. The molecule has 30 heavy (non-hydrogen) atoms. The van der Waals surface area contributed by atoms with Gasteiger partial charge in [0.2, 0.25) is 11.7 Å². The summed E-state index contributed by atoms with van der Waals surface area (Å²) < 4.78 is 24.6. The monoisotopic (exact) mass is 407 g/mol. The lowest BCUT2D eigenvalue weighted by molar-refractivity contribution is -0.139. The van der Waals surface area contributed by atoms with Crippen molar-refractivity contribution in [3.05, 3.63) is 83.0 Å². The van der Waals surface area contributed by atoms with Crippen molar-refractivity contribution >= 4 is 28.9 Å². The number of aromatic amines is 1. The first-order chi connectivity index (χ1) is 14.6. The van der Waals surface area contributed by atoms with Crippen LogP contribution in [0.15, 0.2) is 66.0 Å². The van der Waals surface area contributed by atoms with Crippen LogP contribution in [0.1, 0.15) is 18.1 Å². The molecule has 152 valence electrons. The maximum absolute atomic E-state index is 13.9. The van der Waals surface area contributed by atoms with Crippen molar-refractivity contribution in [2.24, 2.45) is 0 Å². The first kappa shape index (κ1) is 19.4. The summed E-state index contributed by atoms with van der Waals surface area (Å²) in [6.45, 7) is 1.77. The van der Waals surface area contributed by atoms with Crippen molar-refractivity contribution in [2.75, 3.05) is 6.61 Å². The van der Waals surface area contributed by atoms with Gasteiger partial charge >= 0.3 is 5.97 Å². The zero-order valence-corrected chi connectivity index (χ0v) is 16.1. The van der Waals surface area contributed by atoms with Gasteiger partial charge < -0.3 is 19.8 Å². The Morgan fingerprint density at radius 1 is 1.30 bits per heavy atom. The van der Waals surface area contributed by atoms with E-state index in [9.17, 15) is 14.0 Å². The third-order valence-electron chi connectivity index (χ3n) is 4.54. The second-order valence-corrected chi connectivity index (χ2v) is 6.45. The molecule has 0 fully saturated rings. The Hall–Kier alpha value is -3.94. The number of halogens is 1. The van der Waals surface area contributed by atoms with Crippen LogP contribution in [0.4, 0.5) is 4.39 Å². The fraction of sp³-hybridized carbons (Fsp3) is 0.136. The summed E-state index contributed by atoms with van der Waals surface area (Å²) >= 11 is 0. The topological polar surface area (TPSA) is 93.3 Å². The molecule has 0 saturated heterocycles. The van der Waals surface area contributed by atoms with Gasteiger partial charge in [-0.25, -0.2) is 14.2 Å². The number of carbonyl (C=O) groups excluding carboxylic acids is 2. The molecule has 0 spiro atoms. The van der Waals surface area contributed by atoms with E-state index in [0.29, 0.717) is 16.8 Å². The number of hydrogen-bond acceptors (Lipinski definition) is 6. The van der Waals surface area contributed by atoms with Gasteiger partial charge in [-0.1, -0.05) is 18.2 Å². The lowest BCUT2D eigenvalue weighted by Crippen LogP contribution is -2.20. The van der Waals surface area contributed by atoms with Gasteiger partial charge in [-0.2, -0.15) is 0 Å². The molecule has 0 aliphatic carbocycles. The molecule has 1 aliphatic heterocycles. The maximum Gasteiger partial charge on any atom is 0.347 e. The maximum atomic E-state index is 13.9. The average Bonchev–Trinajstić information content (AvgIpc) is 3.29. The third kappa shape index (κ3) is 3.67. The highest BCUT2D eigenvalue weighted by molar-refractivity contribution is 6.26. The number of Topliss-reactive ketones (excluding diaryl/α,β-unsaturated/α-hetero) is 1. The Morgan fingerprint density at radius 2 is 2.13 bits per heavy atom. The van der Waals surface area contributed by atoms with E-state index in [4.69, 9.17) is 9.47 Å². The number of carbonyl (C=O) groups is 2. The second kappa shape index (κ2) is 8.20. The Bertz CT molecular complexity index is 1200. The van der Waals surface area contributed by atoms with Gasteiger partial charge in [0.15, 0.2) is 11.3 Å². The van der Waals surface area contributed by atoms with E-state index in [-0.39, 0.29) is 30.4 Å². The van der Waals surface area contributed by atoms with Crippen LogP contribution >= 0.6 is 0 Å². The lowest BCUT2D eigenvalue weighted by Gasteiger charge is -2.09. The molecule has 7 nitrogen and oxygen atoms in total. The summed E-state index contributed by atoms with van der Waals surface area (Å²) in [6, 6.07) is 9.82. The molecule has 4 rings (SSSR count). The number of nitrogens with zero attached hydrogens (tertiary/aromatic N) is 1. The number of H-pyrrole nitrogens is 1. The molecular weight excluding hydrogens is 389 g/mol. The molecule has 0 radical (unpaired) electrons. The van der Waals surface area contributed by atoms with Crippen LogP contribution in [0.5, 0.6) is 0 Å². The van der Waals surface area contributed by atoms with E-state index in [2.05, 4.69) is 15.3 Å². The molecule has 1 aliphatic rings. The Labute approximate surface area is 171 Å². The summed E-state index contributed by atoms with van der Waals surface area (Å²) in [5.41, 5.74) is 1.45. The predicted molar refractivity (Wildman–Crippen MR) is 107 cm³/mol. The van der Waals surface area contributed by atoms with Gasteiger partial charge in [0.05, 0.1) is 6.61 Å². The van der Waals surface area contributed by atoms with Crippen LogP contribution < -0.4 is 5.32 Å². The molecule has 8 heteroatoms. The van der Waals surface area contributed by atoms with Crippen LogP contribution in [0.3, 0.4) is 0 Å². The fourth-order valence-corrected chi connectivity index (χ4v) is 3.10. The zero-order valence-electron chi connectivity index (χ0n) is 16.1. The van der Waals surface area contributed by atoms with Crippen molar-refractivity contribution in [3.8, 4) is 0 Å². The Morgan fingerprint density at radius 3 is 2.93 bits per heavy atom. The van der Waals surface area contributed by atoms with Gasteiger partial charge in [-0.05, 0) is 31.2 Å². The minimum Gasteiger partial charge on any atom is -0.462 e. The third-order valence-corrected chi connectivity index (χ3v) is 4.54. The Kier molecular flexibility index (Phi) is 5.30. The van der Waals surface area contributed by atoms with Crippen LogP contribution in [0, 0.1) is 5.82 Å². The van der Waals surface area contributed by atoms with Crippen LogP contribution in [0.25, 0.3) is 17.1 Å². The van der Waals surface area contributed by atoms with Crippen LogP contribution in [0.2, 0.25) is 0 Å². The lowest BCUT2D eigenvalue weighted by atomic mass is 10.1. The number of ether oxygens (including phenoxy) is 2. The van der Waals surface area contributed by atoms with E-state index in [1.807, 2.05) is 6.07 Å². The van der Waals surface area contributed by atoms with Crippen molar-refractivity contribution in [1.29, 1.82) is 0 Å². The van der Waals surface area contributed by atoms with Crippen molar-refractivity contribution in [1.82, 2.24) is 15.3 Å². The molecule has 0 amide bonds. The van der Waals surface area contributed by atoms with E-state index < -0.39 is 17.6 Å². The summed E-state index contributed by atoms with van der Waals surface area (Å²) in [6.07, 6.45) is 4.87. The van der Waals surface area contributed by atoms with Gasteiger partial charge in [0.25, 0.3) is 0 Å². The second-order valence-electron chi connectivity index (χ2n) is 6.45. The average molecular weight is 407 g/mol. The number of nitrogens with one attached hydrogen (secondary N) is 2. The van der Waals surface area contributed by atoms with Crippen LogP contribution in [-0.2, 0) is 25.6 Å². The number of benzene rings is 1. The minimum atomic E-state index is -0.803. The number of rotatable bonds is 6. The van der Waals surface area contributed by atoms with E-state index in [1.54, 1.807) is 43.6 Å². The quantitative estimate of drug-likeness (QED) is 0.370. The van der Waals surface area contributed by atoms with Gasteiger partial charge in [-0.15, -0.1) is 0 Å². The Balaban J connectivity index is 1.64. The first-order valence-electron chi connectivity index (χ1n) is 9.33. The fourth-order valence-electron chi connectivity index (χ4n) is 3.10. The molecular formula is C22H18FN3O4. The van der Waals surface area contributed by atoms with Crippen LogP contribution in [-0.4, -0.2) is 28.3 Å². The molecule has 0 bridgehead atoms. The van der Waals surface area contributed by atoms with Crippen molar-refractivity contribution in [3.63, 3.8) is 0 Å². The molecule has 2 N–H and O–H groups in total. The number of ketones is 1. The summed E-state index contributed by atoms with van der Waals surface area (Å²) in [5.74, 6) is -1.93. The number of allylic oxidation sites excluding steroid dienone is 1.